The predicted octanol–water partition coefficient (Wildman–Crippen LogP) is 3.23. The van der Waals surface area contributed by atoms with Crippen LogP contribution in [0, 0.1) is 12.8 Å². The van der Waals surface area contributed by atoms with E-state index in [2.05, 4.69) is 35.5 Å². The highest BCUT2D eigenvalue weighted by Crippen LogP contribution is 2.21. The monoisotopic (exact) mass is 382 g/mol. The van der Waals surface area contributed by atoms with Gasteiger partial charge >= 0.3 is 0 Å². The van der Waals surface area contributed by atoms with Gasteiger partial charge < -0.3 is 15.2 Å². The van der Waals surface area contributed by atoms with Crippen molar-refractivity contribution < 1.29 is 9.59 Å². The Morgan fingerprint density at radius 1 is 1.18 bits per heavy atom. The van der Waals surface area contributed by atoms with Gasteiger partial charge in [-0.25, -0.2) is 4.98 Å². The van der Waals surface area contributed by atoms with Crippen LogP contribution in [0.25, 0.3) is 0 Å². The molecule has 2 aromatic rings. The first-order valence-electron chi connectivity index (χ1n) is 10.2. The van der Waals surface area contributed by atoms with E-state index in [1.54, 1.807) is 0 Å². The van der Waals surface area contributed by atoms with E-state index in [-0.39, 0.29) is 11.8 Å². The highest BCUT2D eigenvalue weighted by molar-refractivity contribution is 5.97. The maximum atomic E-state index is 12.8. The number of carbonyl (C=O) groups is 2. The highest BCUT2D eigenvalue weighted by Gasteiger charge is 2.27. The Balaban J connectivity index is 1.74. The third kappa shape index (κ3) is 4.80. The second-order valence-electron chi connectivity index (χ2n) is 7.95. The third-order valence-corrected chi connectivity index (χ3v) is 5.08. The van der Waals surface area contributed by atoms with E-state index < -0.39 is 0 Å². The van der Waals surface area contributed by atoms with Crippen molar-refractivity contribution in [3.63, 3.8) is 0 Å². The van der Waals surface area contributed by atoms with E-state index in [4.69, 9.17) is 0 Å². The van der Waals surface area contributed by atoms with Crippen LogP contribution in [0.2, 0.25) is 0 Å². The smallest absolute Gasteiger partial charge is 0.287 e. The number of amides is 2. The lowest BCUT2D eigenvalue weighted by molar-refractivity contribution is 0.0935. The number of hydrogen-bond acceptors (Lipinski definition) is 3. The quantitative estimate of drug-likeness (QED) is 0.772. The molecule has 0 saturated heterocycles. The summed E-state index contributed by atoms with van der Waals surface area (Å²) >= 11 is 0. The molecule has 1 aromatic carbocycles. The van der Waals surface area contributed by atoms with Gasteiger partial charge in [0.1, 0.15) is 5.69 Å². The molecule has 1 aromatic heterocycles. The molecule has 0 fully saturated rings. The average molecular weight is 383 g/mol. The van der Waals surface area contributed by atoms with Crippen molar-refractivity contribution in [2.75, 3.05) is 6.54 Å². The Morgan fingerprint density at radius 3 is 2.75 bits per heavy atom. The zero-order valence-electron chi connectivity index (χ0n) is 17.0. The van der Waals surface area contributed by atoms with Crippen molar-refractivity contribution in [2.45, 2.75) is 59.5 Å². The molecule has 0 atom stereocenters. The molecule has 0 saturated carbocycles. The Kier molecular flexibility index (Phi) is 6.49. The number of fused-ring (bicyclic) bond motifs is 1. The Labute approximate surface area is 166 Å². The lowest BCUT2D eigenvalue weighted by Crippen LogP contribution is -2.27. The molecule has 0 aliphatic carbocycles. The van der Waals surface area contributed by atoms with Crippen LogP contribution in [0.3, 0.4) is 0 Å². The first-order chi connectivity index (χ1) is 13.5. The topological polar surface area (TPSA) is 76.0 Å². The number of benzene rings is 1. The first-order valence-corrected chi connectivity index (χ1v) is 10.2. The van der Waals surface area contributed by atoms with Crippen LogP contribution >= 0.6 is 0 Å². The van der Waals surface area contributed by atoms with Crippen LogP contribution in [0.15, 0.2) is 24.3 Å². The maximum Gasteiger partial charge on any atom is 0.287 e. The maximum absolute atomic E-state index is 12.8. The van der Waals surface area contributed by atoms with Crippen LogP contribution in [-0.2, 0) is 19.5 Å². The van der Waals surface area contributed by atoms with Gasteiger partial charge in [-0.05, 0) is 44.1 Å². The lowest BCUT2D eigenvalue weighted by atomic mass is 10.1. The van der Waals surface area contributed by atoms with Crippen molar-refractivity contribution in [2.24, 2.45) is 5.92 Å². The Morgan fingerprint density at radius 2 is 2.00 bits per heavy atom. The van der Waals surface area contributed by atoms with Gasteiger partial charge in [-0.2, -0.15) is 0 Å². The van der Waals surface area contributed by atoms with Crippen molar-refractivity contribution >= 4 is 11.8 Å². The van der Waals surface area contributed by atoms with Gasteiger partial charge in [-0.1, -0.05) is 43.7 Å². The minimum Gasteiger partial charge on any atom is -0.351 e. The third-order valence-electron chi connectivity index (χ3n) is 5.08. The minimum absolute atomic E-state index is 0.177. The second-order valence-corrected chi connectivity index (χ2v) is 7.95. The summed E-state index contributed by atoms with van der Waals surface area (Å²) in [5.41, 5.74) is 3.49. The number of rotatable bonds is 7. The fourth-order valence-corrected chi connectivity index (χ4v) is 3.54. The summed E-state index contributed by atoms with van der Waals surface area (Å²) in [6.07, 6.45) is 3.72. The molecule has 28 heavy (non-hydrogen) atoms. The molecule has 0 radical (unpaired) electrons. The molecule has 3 rings (SSSR count). The second kappa shape index (κ2) is 9.04. The molecule has 2 heterocycles. The summed E-state index contributed by atoms with van der Waals surface area (Å²) in [5.74, 6) is 0.463. The Bertz CT molecular complexity index is 854. The summed E-state index contributed by atoms with van der Waals surface area (Å²) in [7, 11) is 0. The van der Waals surface area contributed by atoms with E-state index >= 15 is 0 Å². The molecule has 1 aliphatic heterocycles. The number of imidazole rings is 1. The largest absolute Gasteiger partial charge is 0.351 e. The zero-order chi connectivity index (χ0) is 20.1. The SMILES string of the molecule is Cc1cccc(CNC(=O)c2nc(C(=O)NCCC(C)C)c3n2CCCC3)c1. The van der Waals surface area contributed by atoms with E-state index in [1.165, 1.54) is 0 Å². The van der Waals surface area contributed by atoms with Crippen molar-refractivity contribution in [3.8, 4) is 0 Å². The van der Waals surface area contributed by atoms with E-state index in [9.17, 15) is 9.59 Å². The molecule has 150 valence electrons. The van der Waals surface area contributed by atoms with Crippen LogP contribution in [0.4, 0.5) is 0 Å². The molecule has 6 heteroatoms. The van der Waals surface area contributed by atoms with Crippen molar-refractivity contribution in [1.29, 1.82) is 0 Å². The molecule has 6 nitrogen and oxygen atoms in total. The number of aryl methyl sites for hydroxylation is 1. The van der Waals surface area contributed by atoms with Crippen LogP contribution < -0.4 is 10.6 Å². The molecular formula is C22H30N4O2. The standard InChI is InChI=1S/C22H30N4O2/c1-15(2)10-11-23-21(27)19-18-9-4-5-12-26(18)20(25-19)22(28)24-14-17-8-6-7-16(3)13-17/h6-8,13,15H,4-5,9-12,14H2,1-3H3,(H,23,27)(H,24,28). The van der Waals surface area contributed by atoms with Gasteiger partial charge in [-0.15, -0.1) is 0 Å². The fourth-order valence-electron chi connectivity index (χ4n) is 3.54. The van der Waals surface area contributed by atoms with Gasteiger partial charge in [0.05, 0.1) is 5.69 Å². The van der Waals surface area contributed by atoms with Gasteiger partial charge in [0.2, 0.25) is 0 Å². The first kappa shape index (κ1) is 20.1. The normalized spacial score (nSPS) is 13.3. The molecular weight excluding hydrogens is 352 g/mol. The number of aromatic nitrogens is 2. The van der Waals surface area contributed by atoms with E-state index in [1.807, 2.05) is 29.7 Å². The molecule has 1 aliphatic rings. The molecule has 0 bridgehead atoms. The summed E-state index contributed by atoms with van der Waals surface area (Å²) in [5, 5.41) is 5.90. The molecule has 0 spiro atoms. The number of nitrogens with one attached hydrogen (secondary N) is 2. The molecule has 2 N–H and O–H groups in total. The van der Waals surface area contributed by atoms with Gasteiger partial charge in [0.15, 0.2) is 5.82 Å². The molecule has 0 unspecified atom stereocenters. The minimum atomic E-state index is -0.231. The molecule has 2 amide bonds. The van der Waals surface area contributed by atoms with Crippen LogP contribution in [-0.4, -0.2) is 27.9 Å². The van der Waals surface area contributed by atoms with Gasteiger partial charge in [0, 0.05) is 19.6 Å². The lowest BCUT2D eigenvalue weighted by Gasteiger charge is -2.17. The van der Waals surface area contributed by atoms with E-state index in [0.717, 1.165) is 49.0 Å². The summed E-state index contributed by atoms with van der Waals surface area (Å²) in [6.45, 7) is 8.08. The van der Waals surface area contributed by atoms with Crippen molar-refractivity contribution in [3.05, 3.63) is 52.6 Å². The van der Waals surface area contributed by atoms with Gasteiger partial charge in [-0.3, -0.25) is 9.59 Å². The zero-order valence-corrected chi connectivity index (χ0v) is 17.0. The van der Waals surface area contributed by atoms with Crippen molar-refractivity contribution in [1.82, 2.24) is 20.2 Å². The van der Waals surface area contributed by atoms with E-state index in [0.29, 0.717) is 30.5 Å². The summed E-state index contributed by atoms with van der Waals surface area (Å²) in [4.78, 5) is 29.9. The predicted molar refractivity (Wildman–Crippen MR) is 109 cm³/mol. The van der Waals surface area contributed by atoms with Crippen LogP contribution in [0.1, 0.15) is 71.0 Å². The number of hydrogen-bond donors (Lipinski definition) is 2. The average Bonchev–Trinajstić information content (AvgIpc) is 3.06. The fraction of sp³-hybridized carbons (Fsp3) is 0.500. The van der Waals surface area contributed by atoms with Crippen LogP contribution in [0.5, 0.6) is 0 Å². The number of nitrogens with zero attached hydrogens (tertiary/aromatic N) is 2. The highest BCUT2D eigenvalue weighted by atomic mass is 16.2. The number of carbonyl (C=O) groups excluding carboxylic acids is 2. The van der Waals surface area contributed by atoms with Gasteiger partial charge in [0.25, 0.3) is 11.8 Å². The summed E-state index contributed by atoms with van der Waals surface area (Å²) < 4.78 is 1.92. The Hall–Kier alpha value is -2.63. The summed E-state index contributed by atoms with van der Waals surface area (Å²) in [6, 6.07) is 8.05.